The lowest BCUT2D eigenvalue weighted by Crippen LogP contribution is -2.51. The van der Waals surface area contributed by atoms with E-state index in [0.29, 0.717) is 50.2 Å². The van der Waals surface area contributed by atoms with Crippen LogP contribution in [0.2, 0.25) is 0 Å². The molecule has 236 valence electrons. The van der Waals surface area contributed by atoms with Crippen molar-refractivity contribution in [1.82, 2.24) is 25.6 Å². The first-order valence-electron chi connectivity index (χ1n) is 13.8. The third-order valence-electron chi connectivity index (χ3n) is 6.61. The molecule has 1 aliphatic heterocycles. The van der Waals surface area contributed by atoms with Crippen LogP contribution in [0.25, 0.3) is 11.3 Å². The first-order valence-corrected chi connectivity index (χ1v) is 13.8. The average molecular weight is 614 g/mol. The van der Waals surface area contributed by atoms with Crippen molar-refractivity contribution in [3.63, 3.8) is 0 Å². The quantitative estimate of drug-likeness (QED) is 0.0721. The largest absolute Gasteiger partial charge is 0.494 e. The predicted octanol–water partition coefficient (Wildman–Crippen LogP) is -1.05. The molecule has 1 saturated heterocycles. The van der Waals surface area contributed by atoms with Gasteiger partial charge in [-0.15, -0.1) is 0 Å². The van der Waals surface area contributed by atoms with Gasteiger partial charge >= 0.3 is 6.10 Å². The van der Waals surface area contributed by atoms with Gasteiger partial charge in [0.15, 0.2) is 5.75 Å². The monoisotopic (exact) mass is 613 g/mol. The highest BCUT2D eigenvalue weighted by atomic mass is 16.7. The molecular weight excluding hydrogens is 578 g/mol. The average Bonchev–Trinajstić information content (AvgIpc) is 3.50. The maximum Gasteiger partial charge on any atom is 0.369 e. The first kappa shape index (κ1) is 32.2. The molecule has 17 nitrogen and oxygen atoms in total. The number of nitrogens with one attached hydrogen (secondary N) is 4. The predicted molar refractivity (Wildman–Crippen MR) is 155 cm³/mol. The Kier molecular flexibility index (Phi) is 10.4. The smallest absolute Gasteiger partial charge is 0.369 e. The van der Waals surface area contributed by atoms with Gasteiger partial charge in [0.05, 0.1) is 43.8 Å². The van der Waals surface area contributed by atoms with E-state index in [1.54, 1.807) is 18.2 Å². The van der Waals surface area contributed by atoms with Crippen LogP contribution in [0.3, 0.4) is 0 Å². The van der Waals surface area contributed by atoms with Gasteiger partial charge < -0.3 is 41.2 Å². The summed E-state index contributed by atoms with van der Waals surface area (Å²) in [5.41, 5.74) is 5.83. The van der Waals surface area contributed by atoms with E-state index in [2.05, 4.69) is 25.8 Å². The summed E-state index contributed by atoms with van der Waals surface area (Å²) in [5, 5.41) is 51.5. The lowest BCUT2D eigenvalue weighted by Gasteiger charge is -2.19. The number of aliphatic hydroxyl groups is 3. The zero-order valence-corrected chi connectivity index (χ0v) is 23.9. The standard InChI is InChI=1S/C27H35N9O8/c1-43-24-17(20-14-31-36(35-20)10-9-30-22(37)12-16-4-3-11-44-16)5-2-6-18(24)32-19(23(29)26(39)34-27(40,41)42)13-21(28)33-25(38)15-7-8-15/h2,5-6,13-16,29,32,40-42H,3-4,7-12H2,1H3,(H,30,37)(H,34,39)(H2,28,33,38)/b19-13+,29-23?. The number of carbonyl (C=O) groups excluding carboxylic acids is 3. The molecule has 9 N–H and O–H groups in total. The topological polar surface area (TPSA) is 259 Å². The van der Waals surface area contributed by atoms with Crippen LogP contribution < -0.4 is 26.4 Å². The van der Waals surface area contributed by atoms with Gasteiger partial charge in [-0.2, -0.15) is 20.0 Å². The van der Waals surface area contributed by atoms with Gasteiger partial charge in [0.2, 0.25) is 5.91 Å². The second-order valence-electron chi connectivity index (χ2n) is 10.2. The molecule has 1 atom stereocenters. The summed E-state index contributed by atoms with van der Waals surface area (Å²) in [7, 11) is 1.39. The van der Waals surface area contributed by atoms with Crippen molar-refractivity contribution in [2.75, 3.05) is 25.6 Å². The van der Waals surface area contributed by atoms with E-state index in [9.17, 15) is 14.4 Å². The number of ether oxygens (including phenoxy) is 2. The number of carbonyl (C=O) groups is 3. The Hall–Kier alpha value is -4.71. The fourth-order valence-corrected chi connectivity index (χ4v) is 4.35. The Morgan fingerprint density at radius 2 is 2.05 bits per heavy atom. The SMILES string of the molecule is COc1c(N/C(=C/C(N)=NC(=O)C2CC2)C(=N)C(=O)NC(O)(O)O)cccc1-c1cnn(CCNC(=O)CC2CCCO2)n1. The van der Waals surface area contributed by atoms with Crippen molar-refractivity contribution in [2.45, 2.75) is 50.8 Å². The normalized spacial score (nSPS) is 17.2. The molecule has 3 amide bonds. The zero-order chi connectivity index (χ0) is 31.9. The number of aromatic nitrogens is 3. The van der Waals surface area contributed by atoms with Gasteiger partial charge in [-0.05, 0) is 37.8 Å². The number of amides is 3. The molecule has 1 aliphatic carbocycles. The van der Waals surface area contributed by atoms with E-state index in [-0.39, 0.29) is 40.9 Å². The number of nitrogens with two attached hydrogens (primary N) is 1. The van der Waals surface area contributed by atoms with E-state index in [0.717, 1.165) is 18.9 Å². The molecule has 2 heterocycles. The number of anilines is 1. The van der Waals surface area contributed by atoms with E-state index < -0.39 is 23.6 Å². The molecule has 0 spiro atoms. The third kappa shape index (κ3) is 9.14. The van der Waals surface area contributed by atoms with Crippen molar-refractivity contribution >= 4 is 35.0 Å². The lowest BCUT2D eigenvalue weighted by molar-refractivity contribution is -0.325. The van der Waals surface area contributed by atoms with Crippen LogP contribution in [0.15, 0.2) is 41.2 Å². The molecule has 4 rings (SSSR count). The van der Waals surface area contributed by atoms with Gasteiger partial charge in [-0.1, -0.05) is 6.07 Å². The Balaban J connectivity index is 1.51. The molecule has 2 aromatic rings. The van der Waals surface area contributed by atoms with Crippen molar-refractivity contribution in [2.24, 2.45) is 16.6 Å². The van der Waals surface area contributed by atoms with Gasteiger partial charge in [0.1, 0.15) is 17.2 Å². The minimum Gasteiger partial charge on any atom is -0.494 e. The van der Waals surface area contributed by atoms with Crippen LogP contribution in [-0.4, -0.2) is 92.0 Å². The van der Waals surface area contributed by atoms with Crippen LogP contribution >= 0.6 is 0 Å². The van der Waals surface area contributed by atoms with Crippen LogP contribution in [0, 0.1) is 11.3 Å². The number of amidine groups is 1. The van der Waals surface area contributed by atoms with Gasteiger partial charge in [-0.3, -0.25) is 25.1 Å². The Morgan fingerprint density at radius 1 is 1.27 bits per heavy atom. The number of para-hydroxylation sites is 1. The van der Waals surface area contributed by atoms with Gasteiger partial charge in [0, 0.05) is 30.7 Å². The van der Waals surface area contributed by atoms with Crippen LogP contribution in [0.5, 0.6) is 5.75 Å². The number of methoxy groups -OCH3 is 1. The molecule has 0 bridgehead atoms. The minimum absolute atomic E-state index is 0.0483. The highest BCUT2D eigenvalue weighted by molar-refractivity contribution is 6.45. The van der Waals surface area contributed by atoms with Crippen molar-refractivity contribution in [1.29, 1.82) is 5.41 Å². The van der Waals surface area contributed by atoms with Crippen LogP contribution in [0.1, 0.15) is 32.1 Å². The molecule has 2 aliphatic rings. The second kappa shape index (κ2) is 14.2. The summed E-state index contributed by atoms with van der Waals surface area (Å²) < 4.78 is 11.1. The number of hydrogen-bond acceptors (Lipinski definition) is 12. The van der Waals surface area contributed by atoms with E-state index in [4.69, 9.17) is 35.9 Å². The van der Waals surface area contributed by atoms with E-state index >= 15 is 0 Å². The number of benzene rings is 1. The second-order valence-corrected chi connectivity index (χ2v) is 10.2. The summed E-state index contributed by atoms with van der Waals surface area (Å²) in [6.45, 7) is 1.28. The summed E-state index contributed by atoms with van der Waals surface area (Å²) in [4.78, 5) is 41.9. The molecule has 2 fully saturated rings. The third-order valence-corrected chi connectivity index (χ3v) is 6.61. The number of aliphatic imine (C=N–C) groups is 1. The van der Waals surface area contributed by atoms with Crippen molar-refractivity contribution < 1.29 is 39.2 Å². The van der Waals surface area contributed by atoms with E-state index in [1.165, 1.54) is 23.4 Å². The summed E-state index contributed by atoms with van der Waals surface area (Å²) in [5.74, 6) is -2.26. The fraction of sp³-hybridized carbons (Fsp3) is 0.444. The maximum absolute atomic E-state index is 12.4. The van der Waals surface area contributed by atoms with Gasteiger partial charge in [0.25, 0.3) is 11.8 Å². The Labute approximate surface area is 251 Å². The molecule has 1 saturated carbocycles. The zero-order valence-electron chi connectivity index (χ0n) is 23.9. The molecular formula is C27H35N9O8. The maximum atomic E-state index is 12.4. The van der Waals surface area contributed by atoms with Crippen LogP contribution in [0.4, 0.5) is 5.69 Å². The van der Waals surface area contributed by atoms with Crippen molar-refractivity contribution in [3.05, 3.63) is 36.2 Å². The van der Waals surface area contributed by atoms with Crippen molar-refractivity contribution in [3.8, 4) is 17.0 Å². The molecule has 1 aromatic carbocycles. The fourth-order valence-electron chi connectivity index (χ4n) is 4.35. The van der Waals surface area contributed by atoms with Gasteiger partial charge in [-0.25, -0.2) is 0 Å². The Morgan fingerprint density at radius 3 is 2.70 bits per heavy atom. The number of nitrogens with zero attached hydrogens (tertiary/aromatic N) is 4. The highest BCUT2D eigenvalue weighted by Gasteiger charge is 2.30. The lowest BCUT2D eigenvalue weighted by atomic mass is 10.1. The molecule has 1 unspecified atom stereocenters. The Bertz CT molecular complexity index is 1450. The molecule has 0 radical (unpaired) electrons. The minimum atomic E-state index is -3.59. The summed E-state index contributed by atoms with van der Waals surface area (Å²) >= 11 is 0. The van der Waals surface area contributed by atoms with E-state index in [1.807, 2.05) is 0 Å². The first-order chi connectivity index (χ1) is 20.9. The highest BCUT2D eigenvalue weighted by Crippen LogP contribution is 2.36. The molecule has 44 heavy (non-hydrogen) atoms. The summed E-state index contributed by atoms with van der Waals surface area (Å²) in [6.07, 6.45) is 2.41. The molecule has 17 heteroatoms. The summed E-state index contributed by atoms with van der Waals surface area (Å²) in [6, 6.07) is 4.90. The van der Waals surface area contributed by atoms with Crippen LogP contribution in [-0.2, 0) is 25.7 Å². The number of rotatable bonds is 14. The number of hydrogen-bond donors (Lipinski definition) is 8. The molecule has 1 aromatic heterocycles.